The molecule has 14 heavy (non-hydrogen) atoms. The standard InChI is InChI=1S/C12H13ClO/c1-10(14)12-7-5-11(6-8-12)4-2-3-9-13/h2,4-8H,3,9H2,1H3. The fourth-order valence-corrected chi connectivity index (χ4v) is 1.24. The van der Waals surface area contributed by atoms with Gasteiger partial charge < -0.3 is 0 Å². The minimum absolute atomic E-state index is 0.0984. The maximum absolute atomic E-state index is 11.0. The Kier molecular flexibility index (Phi) is 4.41. The Labute approximate surface area is 89.4 Å². The average molecular weight is 209 g/mol. The Hall–Kier alpha value is -1.08. The highest BCUT2D eigenvalue weighted by atomic mass is 35.5. The van der Waals surface area contributed by atoms with Crippen LogP contribution in [0.4, 0.5) is 0 Å². The molecule has 0 atom stereocenters. The highest BCUT2D eigenvalue weighted by Crippen LogP contribution is 2.07. The highest BCUT2D eigenvalue weighted by molar-refractivity contribution is 6.17. The molecule has 0 saturated carbocycles. The fraction of sp³-hybridized carbons (Fsp3) is 0.250. The second-order valence-corrected chi connectivity index (χ2v) is 3.44. The predicted molar refractivity (Wildman–Crippen MR) is 60.8 cm³/mol. The number of hydrogen-bond acceptors (Lipinski definition) is 1. The summed E-state index contributed by atoms with van der Waals surface area (Å²) in [6.07, 6.45) is 4.90. The molecule has 0 saturated heterocycles. The zero-order valence-electron chi connectivity index (χ0n) is 8.16. The van der Waals surface area contributed by atoms with Crippen molar-refractivity contribution in [3.05, 3.63) is 41.5 Å². The maximum atomic E-state index is 11.0. The summed E-state index contributed by atoms with van der Waals surface area (Å²) < 4.78 is 0. The van der Waals surface area contributed by atoms with E-state index in [4.69, 9.17) is 11.6 Å². The van der Waals surface area contributed by atoms with E-state index in [9.17, 15) is 4.79 Å². The summed E-state index contributed by atoms with van der Waals surface area (Å²) in [5, 5.41) is 0. The van der Waals surface area contributed by atoms with Gasteiger partial charge in [0.15, 0.2) is 5.78 Å². The molecule has 1 aromatic rings. The number of rotatable bonds is 4. The van der Waals surface area contributed by atoms with Gasteiger partial charge in [-0.2, -0.15) is 0 Å². The van der Waals surface area contributed by atoms with Gasteiger partial charge in [-0.1, -0.05) is 36.4 Å². The van der Waals surface area contributed by atoms with E-state index in [1.54, 1.807) is 6.92 Å². The van der Waals surface area contributed by atoms with Gasteiger partial charge in [0, 0.05) is 11.4 Å². The van der Waals surface area contributed by atoms with Crippen molar-refractivity contribution in [2.45, 2.75) is 13.3 Å². The first kappa shape index (κ1) is 11.0. The molecule has 0 unspecified atom stereocenters. The van der Waals surface area contributed by atoms with Crippen molar-refractivity contribution in [1.82, 2.24) is 0 Å². The Morgan fingerprint density at radius 3 is 2.50 bits per heavy atom. The Balaban J connectivity index is 2.68. The second-order valence-electron chi connectivity index (χ2n) is 3.06. The van der Waals surface area contributed by atoms with Crippen LogP contribution in [0.3, 0.4) is 0 Å². The van der Waals surface area contributed by atoms with E-state index in [-0.39, 0.29) is 5.78 Å². The number of halogens is 1. The maximum Gasteiger partial charge on any atom is 0.159 e. The lowest BCUT2D eigenvalue weighted by Gasteiger charge is -1.96. The van der Waals surface area contributed by atoms with Gasteiger partial charge in [0.25, 0.3) is 0 Å². The van der Waals surface area contributed by atoms with Gasteiger partial charge >= 0.3 is 0 Å². The molecule has 0 aliphatic heterocycles. The smallest absolute Gasteiger partial charge is 0.159 e. The van der Waals surface area contributed by atoms with Crippen molar-refractivity contribution < 1.29 is 4.79 Å². The van der Waals surface area contributed by atoms with Gasteiger partial charge in [-0.3, -0.25) is 4.79 Å². The molecule has 0 heterocycles. The molecule has 74 valence electrons. The van der Waals surface area contributed by atoms with Gasteiger partial charge in [0.1, 0.15) is 0 Å². The third kappa shape index (κ3) is 3.35. The zero-order chi connectivity index (χ0) is 10.4. The molecule has 0 bridgehead atoms. The largest absolute Gasteiger partial charge is 0.295 e. The van der Waals surface area contributed by atoms with Crippen molar-refractivity contribution in [2.75, 3.05) is 5.88 Å². The van der Waals surface area contributed by atoms with Gasteiger partial charge in [0.05, 0.1) is 0 Å². The summed E-state index contributed by atoms with van der Waals surface area (Å²) in [6.45, 7) is 1.57. The van der Waals surface area contributed by atoms with E-state index in [2.05, 4.69) is 0 Å². The SMILES string of the molecule is CC(=O)c1ccc(C=CCCCl)cc1. The zero-order valence-corrected chi connectivity index (χ0v) is 8.92. The number of allylic oxidation sites excluding steroid dienone is 1. The third-order valence-electron chi connectivity index (χ3n) is 1.90. The van der Waals surface area contributed by atoms with Crippen molar-refractivity contribution >= 4 is 23.5 Å². The molecule has 2 heteroatoms. The van der Waals surface area contributed by atoms with Crippen molar-refractivity contribution in [3.63, 3.8) is 0 Å². The van der Waals surface area contributed by atoms with E-state index in [1.165, 1.54) is 0 Å². The molecule has 0 fully saturated rings. The molecule has 0 N–H and O–H groups in total. The molecular weight excluding hydrogens is 196 g/mol. The summed E-state index contributed by atoms with van der Waals surface area (Å²) in [5.74, 6) is 0.739. The van der Waals surface area contributed by atoms with E-state index in [0.717, 1.165) is 17.5 Å². The van der Waals surface area contributed by atoms with Crippen LogP contribution in [0.1, 0.15) is 29.3 Å². The molecule has 1 aromatic carbocycles. The van der Waals surface area contributed by atoms with Gasteiger partial charge in [-0.05, 0) is 18.9 Å². The van der Waals surface area contributed by atoms with Gasteiger partial charge in [-0.25, -0.2) is 0 Å². The number of hydrogen-bond donors (Lipinski definition) is 0. The Morgan fingerprint density at radius 2 is 2.00 bits per heavy atom. The lowest BCUT2D eigenvalue weighted by Crippen LogP contribution is -1.90. The highest BCUT2D eigenvalue weighted by Gasteiger charge is 1.96. The van der Waals surface area contributed by atoms with Crippen LogP contribution in [0, 0.1) is 0 Å². The fourth-order valence-electron chi connectivity index (χ4n) is 1.11. The lowest BCUT2D eigenvalue weighted by atomic mass is 10.1. The molecule has 1 rings (SSSR count). The molecule has 0 spiro atoms. The first-order chi connectivity index (χ1) is 6.74. The summed E-state index contributed by atoms with van der Waals surface area (Å²) in [4.78, 5) is 11.0. The topological polar surface area (TPSA) is 17.1 Å². The number of ketones is 1. The van der Waals surface area contributed by atoms with Crippen LogP contribution >= 0.6 is 11.6 Å². The van der Waals surface area contributed by atoms with Crippen molar-refractivity contribution in [3.8, 4) is 0 Å². The van der Waals surface area contributed by atoms with E-state index in [1.807, 2.05) is 36.4 Å². The number of Topliss-reactive ketones (excluding diaryl/α,β-unsaturated/α-hetero) is 1. The van der Waals surface area contributed by atoms with Crippen LogP contribution in [-0.4, -0.2) is 11.7 Å². The summed E-state index contributed by atoms with van der Waals surface area (Å²) >= 11 is 5.54. The minimum Gasteiger partial charge on any atom is -0.295 e. The monoisotopic (exact) mass is 208 g/mol. The first-order valence-corrected chi connectivity index (χ1v) is 5.11. The molecule has 1 nitrogen and oxygen atoms in total. The summed E-state index contributed by atoms with van der Waals surface area (Å²) in [5.41, 5.74) is 1.85. The quantitative estimate of drug-likeness (QED) is 0.547. The van der Waals surface area contributed by atoms with E-state index >= 15 is 0 Å². The number of benzene rings is 1. The van der Waals surface area contributed by atoms with Crippen molar-refractivity contribution in [1.29, 1.82) is 0 Å². The normalized spacial score (nSPS) is 10.7. The van der Waals surface area contributed by atoms with Crippen LogP contribution in [0.5, 0.6) is 0 Å². The van der Waals surface area contributed by atoms with Crippen LogP contribution in [0.2, 0.25) is 0 Å². The van der Waals surface area contributed by atoms with E-state index < -0.39 is 0 Å². The van der Waals surface area contributed by atoms with Crippen molar-refractivity contribution in [2.24, 2.45) is 0 Å². The predicted octanol–water partition coefficient (Wildman–Crippen LogP) is 3.53. The first-order valence-electron chi connectivity index (χ1n) is 4.57. The van der Waals surface area contributed by atoms with Gasteiger partial charge in [-0.15, -0.1) is 11.6 Å². The number of alkyl halides is 1. The van der Waals surface area contributed by atoms with Crippen LogP contribution in [-0.2, 0) is 0 Å². The van der Waals surface area contributed by atoms with Gasteiger partial charge in [0.2, 0.25) is 0 Å². The molecule has 0 aliphatic rings. The molecule has 0 aliphatic carbocycles. The lowest BCUT2D eigenvalue weighted by molar-refractivity contribution is 0.101. The number of carbonyl (C=O) groups is 1. The Bertz CT molecular complexity index is 325. The third-order valence-corrected chi connectivity index (χ3v) is 2.12. The number of carbonyl (C=O) groups excluding carboxylic acids is 1. The average Bonchev–Trinajstić information content (AvgIpc) is 2.19. The molecular formula is C12H13ClO. The molecule has 0 radical (unpaired) electrons. The van der Waals surface area contributed by atoms with Crippen LogP contribution < -0.4 is 0 Å². The van der Waals surface area contributed by atoms with E-state index in [0.29, 0.717) is 5.88 Å². The summed E-state index contributed by atoms with van der Waals surface area (Å²) in [6, 6.07) is 7.54. The van der Waals surface area contributed by atoms with Crippen LogP contribution in [0.15, 0.2) is 30.3 Å². The molecule has 0 aromatic heterocycles. The minimum atomic E-state index is 0.0984. The second kappa shape index (κ2) is 5.61. The van der Waals surface area contributed by atoms with Crippen LogP contribution in [0.25, 0.3) is 6.08 Å². The molecule has 0 amide bonds. The Morgan fingerprint density at radius 1 is 1.36 bits per heavy atom. The summed E-state index contributed by atoms with van der Waals surface area (Å²) in [7, 11) is 0.